The average Bonchev–Trinajstić information content (AvgIpc) is 3.26. The van der Waals surface area contributed by atoms with Gasteiger partial charge in [0, 0.05) is 37.5 Å². The molecule has 124 valence electrons. The van der Waals surface area contributed by atoms with Crippen molar-refractivity contribution < 1.29 is 9.32 Å². The van der Waals surface area contributed by atoms with Gasteiger partial charge in [0.2, 0.25) is 5.89 Å². The monoisotopic (exact) mass is 335 g/mol. The first kappa shape index (κ1) is 15.9. The number of rotatable bonds is 5. The van der Waals surface area contributed by atoms with Crippen molar-refractivity contribution in [3.8, 4) is 0 Å². The third-order valence-corrected chi connectivity index (χ3v) is 5.12. The fourth-order valence-corrected chi connectivity index (χ4v) is 3.60. The van der Waals surface area contributed by atoms with E-state index in [-0.39, 0.29) is 12.1 Å². The van der Waals surface area contributed by atoms with Crippen LogP contribution in [0.5, 0.6) is 0 Å². The zero-order valence-corrected chi connectivity index (χ0v) is 14.2. The average molecular weight is 335 g/mol. The topological polar surface area (TPSA) is 84.2 Å². The number of likely N-dealkylation sites (tertiary alicyclic amines) is 1. The second kappa shape index (κ2) is 7.08. The first-order valence-corrected chi connectivity index (χ1v) is 8.77. The van der Waals surface area contributed by atoms with Gasteiger partial charge in [0.25, 0.3) is 0 Å². The van der Waals surface area contributed by atoms with Crippen molar-refractivity contribution in [2.24, 2.45) is 0 Å². The Morgan fingerprint density at radius 3 is 3.13 bits per heavy atom. The zero-order valence-electron chi connectivity index (χ0n) is 13.4. The molecule has 2 aromatic rings. The van der Waals surface area contributed by atoms with Crippen molar-refractivity contribution in [2.75, 3.05) is 13.1 Å². The molecule has 23 heavy (non-hydrogen) atoms. The van der Waals surface area contributed by atoms with E-state index in [1.807, 2.05) is 6.20 Å². The van der Waals surface area contributed by atoms with Gasteiger partial charge in [0.05, 0.1) is 11.0 Å². The Hall–Kier alpha value is -1.96. The van der Waals surface area contributed by atoms with E-state index >= 15 is 0 Å². The summed E-state index contributed by atoms with van der Waals surface area (Å²) < 4.78 is 5.03. The quantitative estimate of drug-likeness (QED) is 0.907. The lowest BCUT2D eigenvalue weighted by Crippen LogP contribution is -2.40. The van der Waals surface area contributed by atoms with Gasteiger partial charge < -0.3 is 14.7 Å². The molecule has 1 fully saturated rings. The molecule has 2 aromatic heterocycles. The Morgan fingerprint density at radius 1 is 1.57 bits per heavy atom. The van der Waals surface area contributed by atoms with Crippen LogP contribution in [0, 0.1) is 6.92 Å². The summed E-state index contributed by atoms with van der Waals surface area (Å²) in [7, 11) is 0. The molecule has 0 saturated carbocycles. The Morgan fingerprint density at radius 2 is 2.43 bits per heavy atom. The van der Waals surface area contributed by atoms with Crippen LogP contribution >= 0.6 is 11.3 Å². The molecule has 1 aliphatic rings. The number of urea groups is 1. The molecular formula is C15H21N5O2S. The number of amides is 2. The number of nitrogens with one attached hydrogen (secondary N) is 1. The summed E-state index contributed by atoms with van der Waals surface area (Å²) in [5.41, 5.74) is 0. The third-order valence-electron chi connectivity index (χ3n) is 3.92. The van der Waals surface area contributed by atoms with Crippen LogP contribution in [0.15, 0.2) is 10.7 Å². The maximum absolute atomic E-state index is 12.4. The molecule has 0 spiro atoms. The summed E-state index contributed by atoms with van der Waals surface area (Å²) in [5.74, 6) is 1.13. The predicted molar refractivity (Wildman–Crippen MR) is 86.3 cm³/mol. The molecule has 2 amide bonds. The highest BCUT2D eigenvalue weighted by Crippen LogP contribution is 2.29. The molecule has 1 atom stereocenters. The van der Waals surface area contributed by atoms with Crippen LogP contribution in [-0.4, -0.2) is 39.1 Å². The lowest BCUT2D eigenvalue weighted by Gasteiger charge is -2.22. The van der Waals surface area contributed by atoms with Crippen molar-refractivity contribution in [3.05, 3.63) is 27.8 Å². The van der Waals surface area contributed by atoms with Gasteiger partial charge in [-0.15, -0.1) is 11.3 Å². The SMILES string of the molecule is CCc1cnc(CCNC(=O)N2CCC[C@H]2c2noc(C)n2)s1. The minimum Gasteiger partial charge on any atom is -0.340 e. The van der Waals surface area contributed by atoms with Crippen LogP contribution in [0.3, 0.4) is 0 Å². The van der Waals surface area contributed by atoms with Gasteiger partial charge in [-0.2, -0.15) is 4.98 Å². The minimum absolute atomic E-state index is 0.0674. The van der Waals surface area contributed by atoms with E-state index in [9.17, 15) is 4.79 Å². The van der Waals surface area contributed by atoms with E-state index < -0.39 is 0 Å². The van der Waals surface area contributed by atoms with Gasteiger partial charge in [-0.3, -0.25) is 0 Å². The normalized spacial score (nSPS) is 17.7. The highest BCUT2D eigenvalue weighted by molar-refractivity contribution is 7.11. The smallest absolute Gasteiger partial charge is 0.318 e. The molecule has 8 heteroatoms. The fraction of sp³-hybridized carbons (Fsp3) is 0.600. The Balaban J connectivity index is 1.53. The number of hydrogen-bond acceptors (Lipinski definition) is 6. The van der Waals surface area contributed by atoms with Crippen LogP contribution in [0.25, 0.3) is 0 Å². The van der Waals surface area contributed by atoms with Gasteiger partial charge in [-0.25, -0.2) is 9.78 Å². The van der Waals surface area contributed by atoms with Crippen LogP contribution < -0.4 is 5.32 Å². The van der Waals surface area contributed by atoms with Gasteiger partial charge in [0.1, 0.15) is 0 Å². The van der Waals surface area contributed by atoms with E-state index in [4.69, 9.17) is 4.52 Å². The van der Waals surface area contributed by atoms with E-state index in [0.29, 0.717) is 18.3 Å². The molecule has 0 radical (unpaired) electrons. The van der Waals surface area contributed by atoms with E-state index in [1.165, 1.54) is 4.88 Å². The molecule has 3 rings (SSSR count). The number of nitrogens with zero attached hydrogens (tertiary/aromatic N) is 4. The van der Waals surface area contributed by atoms with Gasteiger partial charge in [-0.05, 0) is 19.3 Å². The first-order chi connectivity index (χ1) is 11.2. The van der Waals surface area contributed by atoms with Crippen molar-refractivity contribution in [3.63, 3.8) is 0 Å². The maximum atomic E-state index is 12.4. The number of aryl methyl sites for hydroxylation is 2. The van der Waals surface area contributed by atoms with Crippen LogP contribution in [0.4, 0.5) is 4.79 Å². The molecule has 7 nitrogen and oxygen atoms in total. The maximum Gasteiger partial charge on any atom is 0.318 e. The van der Waals surface area contributed by atoms with Gasteiger partial charge >= 0.3 is 6.03 Å². The fourth-order valence-electron chi connectivity index (χ4n) is 2.73. The number of aromatic nitrogens is 3. The Labute approximate surface area is 139 Å². The lowest BCUT2D eigenvalue weighted by atomic mass is 10.2. The van der Waals surface area contributed by atoms with E-state index in [2.05, 4.69) is 27.4 Å². The Kier molecular flexibility index (Phi) is 4.90. The summed E-state index contributed by atoms with van der Waals surface area (Å²) >= 11 is 1.71. The number of hydrogen-bond donors (Lipinski definition) is 1. The molecule has 0 aromatic carbocycles. The predicted octanol–water partition coefficient (Wildman–Crippen LogP) is 2.49. The molecule has 1 saturated heterocycles. The van der Waals surface area contributed by atoms with E-state index in [1.54, 1.807) is 23.2 Å². The zero-order chi connectivity index (χ0) is 16.2. The second-order valence-electron chi connectivity index (χ2n) is 5.58. The molecular weight excluding hydrogens is 314 g/mol. The summed E-state index contributed by atoms with van der Waals surface area (Å²) in [6.07, 6.45) is 5.51. The summed E-state index contributed by atoms with van der Waals surface area (Å²) in [5, 5.41) is 7.99. The third kappa shape index (κ3) is 3.69. The van der Waals surface area contributed by atoms with Crippen molar-refractivity contribution in [1.82, 2.24) is 25.3 Å². The van der Waals surface area contributed by atoms with Crippen molar-refractivity contribution in [1.29, 1.82) is 0 Å². The highest BCUT2D eigenvalue weighted by Gasteiger charge is 2.33. The second-order valence-corrected chi connectivity index (χ2v) is 6.78. The Bertz CT molecular complexity index is 668. The summed E-state index contributed by atoms with van der Waals surface area (Å²) in [6, 6.07) is -0.152. The number of carbonyl (C=O) groups excluding carboxylic acids is 1. The molecule has 0 bridgehead atoms. The largest absolute Gasteiger partial charge is 0.340 e. The van der Waals surface area contributed by atoms with E-state index in [0.717, 1.165) is 37.2 Å². The van der Waals surface area contributed by atoms with Crippen molar-refractivity contribution >= 4 is 17.4 Å². The molecule has 1 N–H and O–H groups in total. The molecule has 0 unspecified atom stereocenters. The van der Waals surface area contributed by atoms with Crippen molar-refractivity contribution in [2.45, 2.75) is 45.6 Å². The standard InChI is InChI=1S/C15H21N5O2S/c1-3-11-9-17-13(23-11)6-7-16-15(21)20-8-4-5-12(20)14-18-10(2)22-19-14/h9,12H,3-8H2,1-2H3,(H,16,21)/t12-/m0/s1. The minimum atomic E-state index is -0.0843. The number of carbonyl (C=O) groups is 1. The summed E-state index contributed by atoms with van der Waals surface area (Å²) in [4.78, 5) is 24.1. The number of thiazole rings is 1. The highest BCUT2D eigenvalue weighted by atomic mass is 32.1. The molecule has 0 aliphatic carbocycles. The lowest BCUT2D eigenvalue weighted by molar-refractivity contribution is 0.190. The molecule has 3 heterocycles. The van der Waals surface area contributed by atoms with Crippen LogP contribution in [-0.2, 0) is 12.8 Å². The summed E-state index contributed by atoms with van der Waals surface area (Å²) in [6.45, 7) is 5.19. The van der Waals surface area contributed by atoms with Gasteiger partial charge in [0.15, 0.2) is 5.82 Å². The van der Waals surface area contributed by atoms with Gasteiger partial charge in [-0.1, -0.05) is 12.1 Å². The first-order valence-electron chi connectivity index (χ1n) is 7.95. The van der Waals surface area contributed by atoms with Crippen LogP contribution in [0.2, 0.25) is 0 Å². The van der Waals surface area contributed by atoms with Crippen LogP contribution in [0.1, 0.15) is 47.4 Å². The molecule has 1 aliphatic heterocycles.